The first-order valence-corrected chi connectivity index (χ1v) is 13.5. The minimum atomic E-state index is -0.328. The Bertz CT molecular complexity index is 855. The number of nitriles is 1. The quantitative estimate of drug-likeness (QED) is 0.280. The van der Waals surface area contributed by atoms with E-state index < -0.39 is 0 Å². The van der Waals surface area contributed by atoms with E-state index in [4.69, 9.17) is 5.26 Å². The Labute approximate surface area is 201 Å². The van der Waals surface area contributed by atoms with Gasteiger partial charge in [-0.25, -0.2) is 4.39 Å². The topological polar surface area (TPSA) is 23.8 Å². The third-order valence-electron chi connectivity index (χ3n) is 7.64. The molecule has 0 atom stereocenters. The number of halogens is 1. The van der Waals surface area contributed by atoms with Crippen LogP contribution in [-0.2, 0) is 6.42 Å². The van der Waals surface area contributed by atoms with Crippen molar-refractivity contribution in [2.24, 2.45) is 11.8 Å². The zero-order chi connectivity index (χ0) is 23.3. The van der Waals surface area contributed by atoms with E-state index in [1.54, 1.807) is 12.1 Å². The largest absolute Gasteiger partial charge is 0.206 e. The first kappa shape index (κ1) is 25.5. The molecule has 1 aliphatic rings. The summed E-state index contributed by atoms with van der Waals surface area (Å²) in [7, 11) is 0. The molecule has 1 saturated carbocycles. The van der Waals surface area contributed by atoms with Gasteiger partial charge in [0.25, 0.3) is 0 Å². The van der Waals surface area contributed by atoms with Crippen LogP contribution in [0.3, 0.4) is 0 Å². The normalized spacial score (nSPS) is 18.2. The maximum absolute atomic E-state index is 14.3. The van der Waals surface area contributed by atoms with E-state index >= 15 is 0 Å². The highest BCUT2D eigenvalue weighted by Crippen LogP contribution is 2.34. The molecule has 0 unspecified atom stereocenters. The van der Waals surface area contributed by atoms with Gasteiger partial charge in [-0.3, -0.25) is 0 Å². The minimum absolute atomic E-state index is 0.328. The van der Waals surface area contributed by atoms with Crippen LogP contribution in [0, 0.1) is 29.0 Å². The Balaban J connectivity index is 1.31. The molecule has 0 radical (unpaired) electrons. The average Bonchev–Trinajstić information content (AvgIpc) is 2.85. The summed E-state index contributed by atoms with van der Waals surface area (Å²) in [5.41, 5.74) is 3.15. The van der Waals surface area contributed by atoms with Gasteiger partial charge in [-0.2, -0.15) is 5.26 Å². The maximum atomic E-state index is 14.3. The van der Waals surface area contributed by atoms with Gasteiger partial charge in [-0.05, 0) is 47.9 Å². The lowest BCUT2D eigenvalue weighted by Gasteiger charge is -2.28. The molecule has 2 heteroatoms. The van der Waals surface area contributed by atoms with Crippen molar-refractivity contribution in [1.82, 2.24) is 0 Å². The number of unbranched alkanes of at least 4 members (excludes halogenated alkanes) is 7. The average molecular weight is 448 g/mol. The molecule has 2 aromatic carbocycles. The highest BCUT2D eigenvalue weighted by Gasteiger charge is 2.20. The molecule has 0 aromatic heterocycles. The molecule has 0 amide bonds. The van der Waals surface area contributed by atoms with Crippen molar-refractivity contribution in [3.63, 3.8) is 0 Å². The fourth-order valence-corrected chi connectivity index (χ4v) is 5.42. The lowest BCUT2D eigenvalue weighted by atomic mass is 9.77. The van der Waals surface area contributed by atoms with Crippen molar-refractivity contribution < 1.29 is 4.39 Å². The van der Waals surface area contributed by atoms with Gasteiger partial charge in [0.05, 0.1) is 11.6 Å². The number of hydrogen-bond donors (Lipinski definition) is 0. The Morgan fingerprint density at radius 3 is 2.00 bits per heavy atom. The molecule has 1 fully saturated rings. The van der Waals surface area contributed by atoms with Crippen LogP contribution >= 0.6 is 0 Å². The second-order valence-electron chi connectivity index (χ2n) is 10.2. The lowest BCUT2D eigenvalue weighted by Crippen LogP contribution is -2.15. The SMILES string of the molecule is CCCCCCCCCCC1CCC(CCc2ccc(-c3ccc(C#N)cc3F)cc2)CC1. The standard InChI is InChI=1S/C31H42FN/c1-2-3-4-5-6-7-8-9-10-25-11-13-26(14-12-25)15-16-27-17-20-29(21-18-27)30-22-19-28(24-33)23-31(30)32/h17-23,25-26H,2-16H2,1H3. The fraction of sp³-hybridized carbons (Fsp3) is 0.581. The third-order valence-corrected chi connectivity index (χ3v) is 7.64. The summed E-state index contributed by atoms with van der Waals surface area (Å²) in [6.07, 6.45) is 20.9. The zero-order valence-corrected chi connectivity index (χ0v) is 20.6. The third kappa shape index (κ3) is 8.62. The molecule has 178 valence electrons. The summed E-state index contributed by atoms with van der Waals surface area (Å²) >= 11 is 0. The highest BCUT2D eigenvalue weighted by atomic mass is 19.1. The van der Waals surface area contributed by atoms with Gasteiger partial charge in [0.2, 0.25) is 0 Å². The number of hydrogen-bond acceptors (Lipinski definition) is 1. The van der Waals surface area contributed by atoms with Crippen molar-refractivity contribution in [2.75, 3.05) is 0 Å². The fourth-order valence-electron chi connectivity index (χ4n) is 5.42. The Morgan fingerprint density at radius 2 is 1.39 bits per heavy atom. The maximum Gasteiger partial charge on any atom is 0.132 e. The zero-order valence-electron chi connectivity index (χ0n) is 20.6. The van der Waals surface area contributed by atoms with E-state index in [0.29, 0.717) is 11.1 Å². The summed E-state index contributed by atoms with van der Waals surface area (Å²) in [6.45, 7) is 2.29. The molecule has 0 heterocycles. The molecular formula is C31H42FN. The molecule has 1 nitrogen and oxygen atoms in total. The molecule has 2 aromatic rings. The number of benzene rings is 2. The first-order chi connectivity index (χ1) is 16.2. The van der Waals surface area contributed by atoms with Crippen molar-refractivity contribution in [3.8, 4) is 17.2 Å². The minimum Gasteiger partial charge on any atom is -0.206 e. The van der Waals surface area contributed by atoms with Crippen LogP contribution in [0.1, 0.15) is 108 Å². The molecule has 0 aliphatic heterocycles. The summed E-state index contributed by atoms with van der Waals surface area (Å²) in [4.78, 5) is 0. The van der Waals surface area contributed by atoms with Crippen LogP contribution in [0.5, 0.6) is 0 Å². The van der Waals surface area contributed by atoms with Crippen molar-refractivity contribution in [2.45, 2.75) is 103 Å². The number of aryl methyl sites for hydroxylation is 1. The van der Waals surface area contributed by atoms with Crippen LogP contribution in [-0.4, -0.2) is 0 Å². The monoisotopic (exact) mass is 447 g/mol. The van der Waals surface area contributed by atoms with Crippen LogP contribution in [0.4, 0.5) is 4.39 Å². The van der Waals surface area contributed by atoms with E-state index in [-0.39, 0.29) is 5.82 Å². The van der Waals surface area contributed by atoms with E-state index in [1.165, 1.54) is 102 Å². The molecular weight excluding hydrogens is 405 g/mol. The Hall–Kier alpha value is -2.14. The van der Waals surface area contributed by atoms with Gasteiger partial charge in [0.1, 0.15) is 5.82 Å². The van der Waals surface area contributed by atoms with E-state index in [0.717, 1.165) is 23.8 Å². The lowest BCUT2D eigenvalue weighted by molar-refractivity contribution is 0.248. The highest BCUT2D eigenvalue weighted by molar-refractivity contribution is 5.65. The van der Waals surface area contributed by atoms with Gasteiger partial charge in [0.15, 0.2) is 0 Å². The molecule has 0 saturated heterocycles. The van der Waals surface area contributed by atoms with Crippen molar-refractivity contribution >= 4 is 0 Å². The van der Waals surface area contributed by atoms with E-state index in [2.05, 4.69) is 19.1 Å². The summed E-state index contributed by atoms with van der Waals surface area (Å²) < 4.78 is 14.3. The molecule has 33 heavy (non-hydrogen) atoms. The molecule has 3 rings (SSSR count). The molecule has 1 aliphatic carbocycles. The second kappa shape index (κ2) is 14.2. The van der Waals surface area contributed by atoms with E-state index in [1.807, 2.05) is 18.2 Å². The van der Waals surface area contributed by atoms with Crippen LogP contribution < -0.4 is 0 Å². The van der Waals surface area contributed by atoms with Crippen LogP contribution in [0.25, 0.3) is 11.1 Å². The van der Waals surface area contributed by atoms with Crippen LogP contribution in [0.15, 0.2) is 42.5 Å². The van der Waals surface area contributed by atoms with Gasteiger partial charge in [-0.15, -0.1) is 0 Å². The van der Waals surface area contributed by atoms with Gasteiger partial charge < -0.3 is 0 Å². The van der Waals surface area contributed by atoms with Gasteiger partial charge in [0, 0.05) is 5.56 Å². The van der Waals surface area contributed by atoms with Gasteiger partial charge >= 0.3 is 0 Å². The molecule has 0 spiro atoms. The summed E-state index contributed by atoms with van der Waals surface area (Å²) in [5, 5.41) is 8.91. The summed E-state index contributed by atoms with van der Waals surface area (Å²) in [5.74, 6) is 1.52. The van der Waals surface area contributed by atoms with Crippen LogP contribution in [0.2, 0.25) is 0 Å². The molecule has 0 bridgehead atoms. The second-order valence-corrected chi connectivity index (χ2v) is 10.2. The Morgan fingerprint density at radius 1 is 0.788 bits per heavy atom. The van der Waals surface area contributed by atoms with E-state index in [9.17, 15) is 4.39 Å². The Kier molecular flexibility index (Phi) is 11.0. The first-order valence-electron chi connectivity index (χ1n) is 13.5. The molecule has 0 N–H and O–H groups in total. The van der Waals surface area contributed by atoms with Crippen molar-refractivity contribution in [1.29, 1.82) is 5.26 Å². The number of rotatable bonds is 13. The summed E-state index contributed by atoms with van der Waals surface area (Å²) in [6, 6.07) is 15.0. The van der Waals surface area contributed by atoms with Gasteiger partial charge in [-0.1, -0.05) is 121 Å². The van der Waals surface area contributed by atoms with Crippen molar-refractivity contribution in [3.05, 3.63) is 59.4 Å². The predicted molar refractivity (Wildman–Crippen MR) is 138 cm³/mol. The smallest absolute Gasteiger partial charge is 0.132 e. The predicted octanol–water partition coefficient (Wildman–Crippen LogP) is 9.63. The number of nitrogens with zero attached hydrogens (tertiary/aromatic N) is 1.